The van der Waals surface area contributed by atoms with E-state index >= 15 is 0 Å². The van der Waals surface area contributed by atoms with E-state index in [1.807, 2.05) is 19.5 Å². The molecule has 1 aromatic heterocycles. The van der Waals surface area contributed by atoms with Crippen LogP contribution in [0, 0.1) is 6.92 Å². The topological polar surface area (TPSA) is 40.5 Å². The summed E-state index contributed by atoms with van der Waals surface area (Å²) in [7, 11) is 3.90. The third-order valence-electron chi connectivity index (χ3n) is 2.67. The second kappa shape index (κ2) is 7.27. The Morgan fingerprint density at radius 2 is 2.35 bits per heavy atom. The Kier molecular flexibility index (Phi) is 5.97. The normalized spacial score (nSPS) is 11.6. The maximum atomic E-state index is 4.29. The summed E-state index contributed by atoms with van der Waals surface area (Å²) >= 11 is 1.68. The van der Waals surface area contributed by atoms with E-state index < -0.39 is 0 Å². The summed E-state index contributed by atoms with van der Waals surface area (Å²) in [6.07, 6.45) is 2.39. The van der Waals surface area contributed by atoms with Crippen LogP contribution in [0.25, 0.3) is 0 Å². The van der Waals surface area contributed by atoms with E-state index in [2.05, 4.69) is 34.2 Å². The molecule has 1 N–H and O–H groups in total. The molecule has 0 aliphatic heterocycles. The van der Waals surface area contributed by atoms with Crippen molar-refractivity contribution in [2.24, 2.45) is 4.99 Å². The van der Waals surface area contributed by atoms with Gasteiger partial charge in [-0.3, -0.25) is 4.99 Å². The predicted octanol–water partition coefficient (Wildman–Crippen LogP) is 2.26. The zero-order valence-corrected chi connectivity index (χ0v) is 12.0. The SMILES string of the molecule is CCCCN(C)C(=NC)NCc1scnc1C. The number of aryl methyl sites for hydroxylation is 1. The van der Waals surface area contributed by atoms with Gasteiger partial charge in [0.2, 0.25) is 0 Å². The van der Waals surface area contributed by atoms with Crippen molar-refractivity contribution in [3.63, 3.8) is 0 Å². The molecule has 1 rings (SSSR count). The highest BCUT2D eigenvalue weighted by Crippen LogP contribution is 2.11. The van der Waals surface area contributed by atoms with E-state index in [0.717, 1.165) is 24.7 Å². The van der Waals surface area contributed by atoms with Crippen LogP contribution in [0.1, 0.15) is 30.3 Å². The molecule has 0 saturated carbocycles. The molecule has 0 aliphatic carbocycles. The Hall–Kier alpha value is -1.10. The number of aromatic nitrogens is 1. The first-order valence-corrected chi connectivity index (χ1v) is 6.87. The zero-order chi connectivity index (χ0) is 12.7. The van der Waals surface area contributed by atoms with E-state index in [4.69, 9.17) is 0 Å². The molecular formula is C12H22N4S. The van der Waals surface area contributed by atoms with Gasteiger partial charge < -0.3 is 10.2 Å². The maximum Gasteiger partial charge on any atom is 0.193 e. The molecule has 0 aliphatic rings. The Balaban J connectivity index is 2.45. The molecule has 96 valence electrons. The minimum Gasteiger partial charge on any atom is -0.351 e. The largest absolute Gasteiger partial charge is 0.351 e. The second-order valence-electron chi connectivity index (χ2n) is 4.04. The van der Waals surface area contributed by atoms with Gasteiger partial charge in [-0.15, -0.1) is 11.3 Å². The summed E-state index contributed by atoms with van der Waals surface area (Å²) < 4.78 is 0. The fraction of sp³-hybridized carbons (Fsp3) is 0.667. The van der Waals surface area contributed by atoms with Gasteiger partial charge in [-0.2, -0.15) is 0 Å². The lowest BCUT2D eigenvalue weighted by atomic mass is 10.3. The Bertz CT molecular complexity index is 359. The number of thiazole rings is 1. The van der Waals surface area contributed by atoms with Crippen LogP contribution >= 0.6 is 11.3 Å². The van der Waals surface area contributed by atoms with E-state index in [0.29, 0.717) is 0 Å². The molecule has 0 saturated heterocycles. The molecule has 0 radical (unpaired) electrons. The first kappa shape index (κ1) is 14.0. The van der Waals surface area contributed by atoms with Crippen molar-refractivity contribution in [3.8, 4) is 0 Å². The van der Waals surface area contributed by atoms with Gasteiger partial charge in [-0.1, -0.05) is 13.3 Å². The van der Waals surface area contributed by atoms with Crippen molar-refractivity contribution in [2.75, 3.05) is 20.6 Å². The van der Waals surface area contributed by atoms with Crippen LogP contribution in [0.2, 0.25) is 0 Å². The molecule has 0 spiro atoms. The van der Waals surface area contributed by atoms with Crippen molar-refractivity contribution in [1.29, 1.82) is 0 Å². The number of nitrogens with zero attached hydrogens (tertiary/aromatic N) is 3. The lowest BCUT2D eigenvalue weighted by molar-refractivity contribution is 0.465. The Morgan fingerprint density at radius 1 is 1.59 bits per heavy atom. The number of unbranched alkanes of at least 4 members (excludes halogenated alkanes) is 1. The van der Waals surface area contributed by atoms with E-state index in [1.165, 1.54) is 17.7 Å². The fourth-order valence-electron chi connectivity index (χ4n) is 1.54. The molecule has 0 unspecified atom stereocenters. The van der Waals surface area contributed by atoms with E-state index in [1.54, 1.807) is 11.3 Å². The molecule has 0 fully saturated rings. The maximum absolute atomic E-state index is 4.29. The van der Waals surface area contributed by atoms with Gasteiger partial charge in [0.05, 0.1) is 17.7 Å². The molecule has 5 heteroatoms. The number of hydrogen-bond donors (Lipinski definition) is 1. The minimum absolute atomic E-state index is 0.805. The molecule has 1 aromatic rings. The summed E-state index contributed by atoms with van der Waals surface area (Å²) in [5.41, 5.74) is 2.99. The number of hydrogen-bond acceptors (Lipinski definition) is 3. The Morgan fingerprint density at radius 3 is 2.88 bits per heavy atom. The van der Waals surface area contributed by atoms with Gasteiger partial charge in [0.1, 0.15) is 0 Å². The summed E-state index contributed by atoms with van der Waals surface area (Å²) in [6, 6.07) is 0. The van der Waals surface area contributed by atoms with E-state index in [9.17, 15) is 0 Å². The quantitative estimate of drug-likeness (QED) is 0.647. The molecule has 0 aromatic carbocycles. The standard InChI is InChI=1S/C12H22N4S/c1-5-6-7-16(4)12(13-3)14-8-11-10(2)15-9-17-11/h9H,5-8H2,1-4H3,(H,13,14). The van der Waals surface area contributed by atoms with Crippen molar-refractivity contribution < 1.29 is 0 Å². The zero-order valence-electron chi connectivity index (χ0n) is 11.2. The van der Waals surface area contributed by atoms with Gasteiger partial charge in [-0.25, -0.2) is 4.98 Å². The van der Waals surface area contributed by atoms with Gasteiger partial charge in [0.25, 0.3) is 0 Å². The third kappa shape index (κ3) is 4.34. The first-order valence-electron chi connectivity index (χ1n) is 5.99. The third-order valence-corrected chi connectivity index (χ3v) is 3.61. The number of nitrogens with one attached hydrogen (secondary N) is 1. The van der Waals surface area contributed by atoms with Crippen LogP contribution in [-0.4, -0.2) is 36.5 Å². The van der Waals surface area contributed by atoms with Crippen LogP contribution in [0.4, 0.5) is 0 Å². The van der Waals surface area contributed by atoms with Crippen LogP contribution in [0.15, 0.2) is 10.5 Å². The van der Waals surface area contributed by atoms with Crippen LogP contribution < -0.4 is 5.32 Å². The van der Waals surface area contributed by atoms with Gasteiger partial charge >= 0.3 is 0 Å². The van der Waals surface area contributed by atoms with Crippen LogP contribution in [-0.2, 0) is 6.54 Å². The lowest BCUT2D eigenvalue weighted by Crippen LogP contribution is -2.38. The molecule has 0 amide bonds. The minimum atomic E-state index is 0.805. The molecule has 4 nitrogen and oxygen atoms in total. The smallest absolute Gasteiger partial charge is 0.193 e. The van der Waals surface area contributed by atoms with Crippen LogP contribution in [0.5, 0.6) is 0 Å². The summed E-state index contributed by atoms with van der Waals surface area (Å²) in [4.78, 5) is 12.0. The highest BCUT2D eigenvalue weighted by molar-refractivity contribution is 7.09. The van der Waals surface area contributed by atoms with Crippen molar-refractivity contribution in [1.82, 2.24) is 15.2 Å². The molecular weight excluding hydrogens is 232 g/mol. The number of rotatable bonds is 5. The average molecular weight is 254 g/mol. The van der Waals surface area contributed by atoms with Crippen molar-refractivity contribution >= 4 is 17.3 Å². The number of aliphatic imine (C=N–C) groups is 1. The van der Waals surface area contributed by atoms with Gasteiger partial charge in [0, 0.05) is 25.5 Å². The molecule has 1 heterocycles. The first-order chi connectivity index (χ1) is 8.19. The lowest BCUT2D eigenvalue weighted by Gasteiger charge is -2.21. The monoisotopic (exact) mass is 254 g/mol. The second-order valence-corrected chi connectivity index (χ2v) is 4.98. The summed E-state index contributed by atoms with van der Waals surface area (Å²) in [6.45, 7) is 6.08. The summed E-state index contributed by atoms with van der Waals surface area (Å²) in [5.74, 6) is 0.950. The fourth-order valence-corrected chi connectivity index (χ4v) is 2.26. The van der Waals surface area contributed by atoms with Gasteiger partial charge in [-0.05, 0) is 13.3 Å². The molecule has 17 heavy (non-hydrogen) atoms. The van der Waals surface area contributed by atoms with E-state index in [-0.39, 0.29) is 0 Å². The summed E-state index contributed by atoms with van der Waals surface area (Å²) in [5, 5.41) is 3.37. The van der Waals surface area contributed by atoms with Gasteiger partial charge in [0.15, 0.2) is 5.96 Å². The van der Waals surface area contributed by atoms with Crippen molar-refractivity contribution in [2.45, 2.75) is 33.2 Å². The molecule has 0 bridgehead atoms. The highest BCUT2D eigenvalue weighted by atomic mass is 32.1. The predicted molar refractivity (Wildman–Crippen MR) is 74.6 cm³/mol. The average Bonchev–Trinajstić information content (AvgIpc) is 2.73. The Labute approximate surface area is 108 Å². The molecule has 0 atom stereocenters. The number of guanidine groups is 1. The van der Waals surface area contributed by atoms with Crippen molar-refractivity contribution in [3.05, 3.63) is 16.1 Å². The van der Waals surface area contributed by atoms with Crippen LogP contribution in [0.3, 0.4) is 0 Å². The highest BCUT2D eigenvalue weighted by Gasteiger charge is 2.06.